The van der Waals surface area contributed by atoms with E-state index in [0.717, 1.165) is 0 Å². The van der Waals surface area contributed by atoms with Crippen molar-refractivity contribution in [2.45, 2.75) is 19.6 Å². The second-order valence-corrected chi connectivity index (χ2v) is 7.62. The quantitative estimate of drug-likeness (QED) is 0.337. The molecule has 2 heteroatoms. The van der Waals surface area contributed by atoms with E-state index in [1.807, 2.05) is 0 Å². The first-order valence-electron chi connectivity index (χ1n) is 3.00. The van der Waals surface area contributed by atoms with Gasteiger partial charge < -0.3 is 0 Å². The molecular weight excluding hydrogens is 119 g/mol. The normalized spacial score (nSPS) is 8.56. The van der Waals surface area contributed by atoms with E-state index in [1.165, 1.54) is 0 Å². The molecule has 0 aliphatic rings. The summed E-state index contributed by atoms with van der Waals surface area (Å²) in [5, 5.41) is 0. The molecule has 0 saturated carbocycles. The van der Waals surface area contributed by atoms with Crippen LogP contribution < -0.4 is 0 Å². The third-order valence-corrected chi connectivity index (χ3v) is 1.50. The van der Waals surface area contributed by atoms with Crippen LogP contribution in [-0.2, 0) is 0 Å². The Morgan fingerprint density at radius 3 is 2.00 bits per heavy atom. The van der Waals surface area contributed by atoms with Gasteiger partial charge in [-0.2, -0.15) is 0 Å². The summed E-state index contributed by atoms with van der Waals surface area (Å²) in [4.78, 5) is 0. The van der Waals surface area contributed by atoms with Crippen molar-refractivity contribution in [2.24, 2.45) is 0 Å². The third-order valence-electron chi connectivity index (χ3n) is 0.625. The molecule has 0 unspecified atom stereocenters. The topological polar surface area (TPSA) is 0 Å². The van der Waals surface area contributed by atoms with Crippen molar-refractivity contribution < 1.29 is 0 Å². The van der Waals surface area contributed by atoms with Crippen LogP contribution in [0.4, 0.5) is 0 Å². The van der Waals surface area contributed by atoms with E-state index in [2.05, 4.69) is 41.6 Å². The van der Waals surface area contributed by atoms with Crippen molar-refractivity contribution in [3.8, 4) is 22.0 Å². The van der Waals surface area contributed by atoms with Gasteiger partial charge in [0, 0.05) is 0 Å². The Bertz CT molecular complexity index is 191. The Hall–Kier alpha value is -0.0657. The van der Waals surface area contributed by atoms with Crippen LogP contribution in [0.15, 0.2) is 0 Å². The molecule has 0 aliphatic heterocycles. The molecule has 0 heterocycles. The molecule has 0 saturated heterocycles. The van der Waals surface area contributed by atoms with Crippen LogP contribution in [0.5, 0.6) is 0 Å². The molecule has 0 rings (SSSR count). The average Bonchev–Trinajstić information content (AvgIpc) is 1.63. The van der Waals surface area contributed by atoms with E-state index >= 15 is 0 Å². The Labute approximate surface area is 67.6 Å². The van der Waals surface area contributed by atoms with E-state index in [0.29, 0.717) is 0 Å². The fourth-order valence-corrected chi connectivity index (χ4v) is 0.719. The molecule has 0 fully saturated rings. The van der Waals surface area contributed by atoms with Crippen LogP contribution in [-0.4, -0.2) is 25.8 Å². The Balaban J connectivity index is 3.99. The van der Waals surface area contributed by atoms with Crippen LogP contribution >= 0.6 is 0 Å². The Morgan fingerprint density at radius 2 is 1.67 bits per heavy atom. The van der Waals surface area contributed by atoms with Crippen molar-refractivity contribution in [3.05, 3.63) is 0 Å². The van der Waals surface area contributed by atoms with Gasteiger partial charge in [-0.05, 0) is 0 Å². The maximum absolute atomic E-state index is 3.14. The minimum absolute atomic E-state index is 1.16. The van der Waals surface area contributed by atoms with Crippen molar-refractivity contribution in [2.75, 3.05) is 0 Å². The van der Waals surface area contributed by atoms with E-state index in [4.69, 9.17) is 0 Å². The minimum atomic E-state index is -1.16. The maximum atomic E-state index is 3.14. The summed E-state index contributed by atoms with van der Waals surface area (Å²) >= 11 is 1.80. The molecular formula is C7H9LiSi. The predicted octanol–water partition coefficient (Wildman–Crippen LogP) is 0.997. The van der Waals surface area contributed by atoms with Crippen LogP contribution in [0.3, 0.4) is 0 Å². The molecule has 0 nitrogen and oxygen atoms in total. The molecule has 42 valence electrons. The van der Waals surface area contributed by atoms with E-state index in [-0.39, 0.29) is 0 Å². The summed E-state index contributed by atoms with van der Waals surface area (Å²) < 4.78 is 2.74. The van der Waals surface area contributed by atoms with E-state index < -0.39 is 8.07 Å². The second kappa shape index (κ2) is 3.87. The van der Waals surface area contributed by atoms with Crippen molar-refractivity contribution in [3.63, 3.8) is 0 Å². The standard InChI is InChI=1S/C7H9Si.Li/c1-5-6-7-8(2,3)4;/h2-4H3;. The van der Waals surface area contributed by atoms with Gasteiger partial charge in [0.2, 0.25) is 0 Å². The van der Waals surface area contributed by atoms with Gasteiger partial charge in [0.25, 0.3) is 0 Å². The molecule has 0 aliphatic carbocycles. The Kier molecular flexibility index (Phi) is 3.84. The van der Waals surface area contributed by atoms with Gasteiger partial charge in [0.1, 0.15) is 0 Å². The van der Waals surface area contributed by atoms with Gasteiger partial charge >= 0.3 is 67.4 Å². The van der Waals surface area contributed by atoms with Gasteiger partial charge in [-0.25, -0.2) is 0 Å². The van der Waals surface area contributed by atoms with Crippen LogP contribution in [0, 0.1) is 22.0 Å². The van der Waals surface area contributed by atoms with Crippen LogP contribution in [0.1, 0.15) is 0 Å². The molecule has 0 spiro atoms. The van der Waals surface area contributed by atoms with Crippen molar-refractivity contribution in [1.82, 2.24) is 0 Å². The zero-order valence-corrected chi connectivity index (χ0v) is 7.50. The molecule has 0 amide bonds. The molecule has 0 atom stereocenters. The molecule has 0 radical (unpaired) electrons. The summed E-state index contributed by atoms with van der Waals surface area (Å²) in [7, 11) is -1.16. The number of hydrogen-bond donors (Lipinski definition) is 0. The molecule has 0 N–H and O–H groups in total. The predicted molar refractivity (Wildman–Crippen MR) is 44.7 cm³/mol. The number of rotatable bonds is 0. The number of hydrogen-bond acceptors (Lipinski definition) is 0. The second-order valence-electron chi connectivity index (χ2n) is 2.88. The molecule has 0 bridgehead atoms. The average molecular weight is 128 g/mol. The third kappa shape index (κ3) is 7.93. The first-order valence-corrected chi connectivity index (χ1v) is 6.50. The zero-order valence-electron chi connectivity index (χ0n) is 6.50. The van der Waals surface area contributed by atoms with Gasteiger partial charge in [0.05, 0.1) is 0 Å². The van der Waals surface area contributed by atoms with E-state index in [1.54, 1.807) is 17.7 Å². The molecule has 9 heavy (non-hydrogen) atoms. The van der Waals surface area contributed by atoms with Gasteiger partial charge in [-0.3, -0.25) is 0 Å². The van der Waals surface area contributed by atoms with Crippen LogP contribution in [0.2, 0.25) is 19.6 Å². The van der Waals surface area contributed by atoms with Crippen molar-refractivity contribution in [1.29, 1.82) is 0 Å². The molecule has 0 aromatic heterocycles. The fraction of sp³-hybridized carbons (Fsp3) is 0.429. The monoisotopic (exact) mass is 128 g/mol. The first-order chi connectivity index (χ1) is 4.06. The zero-order chi connectivity index (χ0) is 7.33. The van der Waals surface area contributed by atoms with Gasteiger partial charge in [-0.15, -0.1) is 0 Å². The summed E-state index contributed by atoms with van der Waals surface area (Å²) in [6.07, 6.45) is 0. The Morgan fingerprint density at radius 1 is 1.11 bits per heavy atom. The van der Waals surface area contributed by atoms with Gasteiger partial charge in [0.15, 0.2) is 0 Å². The molecule has 0 aromatic rings. The van der Waals surface area contributed by atoms with Gasteiger partial charge in [-0.1, -0.05) is 0 Å². The van der Waals surface area contributed by atoms with E-state index in [9.17, 15) is 0 Å². The SMILES string of the molecule is [Li][C]#CC#C[Si](C)(C)C. The van der Waals surface area contributed by atoms with Crippen LogP contribution in [0.25, 0.3) is 0 Å². The molecule has 0 aromatic carbocycles. The summed E-state index contributed by atoms with van der Waals surface area (Å²) in [6.45, 7) is 6.62. The summed E-state index contributed by atoms with van der Waals surface area (Å²) in [5.74, 6) is 5.55. The van der Waals surface area contributed by atoms with Crippen molar-refractivity contribution >= 4 is 25.8 Å². The fourth-order valence-electron chi connectivity index (χ4n) is 0.281. The summed E-state index contributed by atoms with van der Waals surface area (Å²) in [5.41, 5.74) is 3.14. The summed E-state index contributed by atoms with van der Waals surface area (Å²) in [6, 6.07) is 0. The first kappa shape index (κ1) is 8.93.